The Morgan fingerprint density at radius 3 is 2.89 bits per heavy atom. The molecule has 110 valence electrons. The molecule has 1 aliphatic heterocycles. The third kappa shape index (κ3) is 3.68. The van der Waals surface area contributed by atoms with Gasteiger partial charge in [-0.1, -0.05) is 0 Å². The number of carbonyl (C=O) groups is 1. The zero-order valence-electron chi connectivity index (χ0n) is 11.9. The van der Waals surface area contributed by atoms with Crippen molar-refractivity contribution in [2.24, 2.45) is 0 Å². The van der Waals surface area contributed by atoms with Crippen LogP contribution in [0.4, 0.5) is 0 Å². The second kappa shape index (κ2) is 6.20. The van der Waals surface area contributed by atoms with Gasteiger partial charge in [-0.05, 0) is 39.5 Å². The highest BCUT2D eigenvalue weighted by Crippen LogP contribution is 2.33. The molecule has 0 spiro atoms. The van der Waals surface area contributed by atoms with Crippen LogP contribution in [0.15, 0.2) is 0 Å². The van der Waals surface area contributed by atoms with Crippen molar-refractivity contribution < 1.29 is 19.4 Å². The molecule has 19 heavy (non-hydrogen) atoms. The molecule has 0 radical (unpaired) electrons. The van der Waals surface area contributed by atoms with E-state index >= 15 is 0 Å². The predicted molar refractivity (Wildman–Crippen MR) is 71.2 cm³/mol. The zero-order valence-corrected chi connectivity index (χ0v) is 11.9. The summed E-state index contributed by atoms with van der Waals surface area (Å²) >= 11 is 0. The lowest BCUT2D eigenvalue weighted by Gasteiger charge is -2.28. The van der Waals surface area contributed by atoms with E-state index in [0.29, 0.717) is 19.4 Å². The maximum absolute atomic E-state index is 11.5. The Bertz CT molecular complexity index is 315. The highest BCUT2D eigenvalue weighted by Gasteiger charge is 2.46. The van der Waals surface area contributed by atoms with Gasteiger partial charge >= 0.3 is 5.97 Å². The summed E-state index contributed by atoms with van der Waals surface area (Å²) in [6.07, 6.45) is 4.39. The fraction of sp³-hybridized carbons (Fsp3) is 0.929. The van der Waals surface area contributed by atoms with Gasteiger partial charge in [-0.2, -0.15) is 0 Å². The van der Waals surface area contributed by atoms with Gasteiger partial charge in [0.2, 0.25) is 0 Å². The van der Waals surface area contributed by atoms with E-state index < -0.39 is 11.5 Å². The lowest BCUT2D eigenvalue weighted by molar-refractivity contribution is -0.145. The first-order chi connectivity index (χ1) is 9.02. The van der Waals surface area contributed by atoms with Gasteiger partial charge in [0.05, 0.1) is 18.8 Å². The van der Waals surface area contributed by atoms with Crippen LogP contribution in [-0.2, 0) is 14.3 Å². The number of hydrogen-bond donors (Lipinski definition) is 2. The van der Waals surface area contributed by atoms with E-state index in [4.69, 9.17) is 9.47 Å². The summed E-state index contributed by atoms with van der Waals surface area (Å²) in [5.41, 5.74) is -0.810. The molecule has 2 aliphatic rings. The van der Waals surface area contributed by atoms with E-state index in [1.807, 2.05) is 13.8 Å². The van der Waals surface area contributed by atoms with Crippen LogP contribution in [-0.4, -0.2) is 48.1 Å². The largest absolute Gasteiger partial charge is 0.480 e. The van der Waals surface area contributed by atoms with E-state index in [1.165, 1.54) is 0 Å². The van der Waals surface area contributed by atoms with Crippen LogP contribution in [0.5, 0.6) is 0 Å². The summed E-state index contributed by atoms with van der Waals surface area (Å²) < 4.78 is 11.4. The van der Waals surface area contributed by atoms with Gasteiger partial charge in [0.15, 0.2) is 0 Å². The minimum Gasteiger partial charge on any atom is -0.480 e. The molecule has 5 nitrogen and oxygen atoms in total. The molecule has 0 amide bonds. The summed E-state index contributed by atoms with van der Waals surface area (Å²) in [4.78, 5) is 11.5. The minimum atomic E-state index is -0.810. The number of carboxylic acid groups (broad SMARTS) is 1. The van der Waals surface area contributed by atoms with Crippen LogP contribution in [0.25, 0.3) is 0 Å². The van der Waals surface area contributed by atoms with Crippen LogP contribution < -0.4 is 5.32 Å². The van der Waals surface area contributed by atoms with Crippen molar-refractivity contribution in [3.8, 4) is 0 Å². The highest BCUT2D eigenvalue weighted by atomic mass is 16.5. The number of aliphatic carboxylic acids is 1. The molecule has 5 heteroatoms. The first kappa shape index (κ1) is 14.8. The Morgan fingerprint density at radius 2 is 2.32 bits per heavy atom. The fourth-order valence-corrected chi connectivity index (χ4v) is 3.10. The standard InChI is InChI=1S/C14H25NO4/c1-10(2)15-14(13(16)17)6-5-11(8-14)19-9-12-4-3-7-18-12/h10-12,15H,3-9H2,1-2H3,(H,16,17). The topological polar surface area (TPSA) is 67.8 Å². The maximum Gasteiger partial charge on any atom is 0.324 e. The highest BCUT2D eigenvalue weighted by molar-refractivity contribution is 5.79. The van der Waals surface area contributed by atoms with Crippen molar-refractivity contribution in [1.82, 2.24) is 5.32 Å². The van der Waals surface area contributed by atoms with E-state index in [-0.39, 0.29) is 18.2 Å². The van der Waals surface area contributed by atoms with Crippen molar-refractivity contribution in [3.63, 3.8) is 0 Å². The third-order valence-corrected chi connectivity index (χ3v) is 3.99. The van der Waals surface area contributed by atoms with Crippen molar-refractivity contribution in [3.05, 3.63) is 0 Å². The zero-order chi connectivity index (χ0) is 13.9. The molecule has 0 aromatic carbocycles. The lowest BCUT2D eigenvalue weighted by Crippen LogP contribution is -2.53. The van der Waals surface area contributed by atoms with Crippen molar-refractivity contribution in [2.45, 2.75) is 69.7 Å². The number of ether oxygens (including phenoxy) is 2. The van der Waals surface area contributed by atoms with Crippen LogP contribution in [0.3, 0.4) is 0 Å². The summed E-state index contributed by atoms with van der Waals surface area (Å²) in [7, 11) is 0. The Balaban J connectivity index is 1.83. The summed E-state index contributed by atoms with van der Waals surface area (Å²) in [6.45, 7) is 5.38. The monoisotopic (exact) mass is 271 g/mol. The first-order valence-electron chi connectivity index (χ1n) is 7.26. The van der Waals surface area contributed by atoms with Crippen molar-refractivity contribution >= 4 is 5.97 Å². The lowest BCUT2D eigenvalue weighted by atomic mass is 9.96. The molecule has 2 fully saturated rings. The fourth-order valence-electron chi connectivity index (χ4n) is 3.10. The molecule has 3 atom stereocenters. The normalized spacial score (nSPS) is 35.1. The smallest absolute Gasteiger partial charge is 0.324 e. The van der Waals surface area contributed by atoms with Crippen LogP contribution in [0.2, 0.25) is 0 Å². The van der Waals surface area contributed by atoms with E-state index in [1.54, 1.807) is 0 Å². The molecule has 0 bridgehead atoms. The number of hydrogen-bond acceptors (Lipinski definition) is 4. The maximum atomic E-state index is 11.5. The predicted octanol–water partition coefficient (Wildman–Crippen LogP) is 1.56. The molecule has 3 unspecified atom stereocenters. The molecular weight excluding hydrogens is 246 g/mol. The van der Waals surface area contributed by atoms with Gasteiger partial charge in [0.25, 0.3) is 0 Å². The SMILES string of the molecule is CC(C)NC1(C(=O)O)CCC(OCC2CCCO2)C1. The number of carboxylic acids is 1. The van der Waals surface area contributed by atoms with Gasteiger partial charge < -0.3 is 14.6 Å². The Morgan fingerprint density at radius 1 is 1.53 bits per heavy atom. The first-order valence-corrected chi connectivity index (χ1v) is 7.26. The second-order valence-corrected chi connectivity index (χ2v) is 6.02. The van der Waals surface area contributed by atoms with E-state index in [0.717, 1.165) is 25.9 Å². The average Bonchev–Trinajstić information content (AvgIpc) is 2.95. The molecule has 1 saturated carbocycles. The summed E-state index contributed by atoms with van der Waals surface area (Å²) in [6, 6.07) is 0.160. The quantitative estimate of drug-likeness (QED) is 0.767. The second-order valence-electron chi connectivity index (χ2n) is 6.02. The Kier molecular flexibility index (Phi) is 4.81. The van der Waals surface area contributed by atoms with Gasteiger partial charge in [-0.3, -0.25) is 10.1 Å². The van der Waals surface area contributed by atoms with Gasteiger partial charge in [0.1, 0.15) is 5.54 Å². The summed E-state index contributed by atoms with van der Waals surface area (Å²) in [5.74, 6) is -0.760. The van der Waals surface area contributed by atoms with E-state index in [2.05, 4.69) is 5.32 Å². The minimum absolute atomic E-state index is 0.0338. The summed E-state index contributed by atoms with van der Waals surface area (Å²) in [5, 5.41) is 12.7. The number of rotatable bonds is 6. The van der Waals surface area contributed by atoms with Crippen molar-refractivity contribution in [2.75, 3.05) is 13.2 Å². The molecule has 0 aromatic rings. The van der Waals surface area contributed by atoms with Crippen molar-refractivity contribution in [1.29, 1.82) is 0 Å². The Labute approximate surface area is 114 Å². The van der Waals surface area contributed by atoms with Gasteiger partial charge in [0, 0.05) is 19.1 Å². The van der Waals surface area contributed by atoms with Gasteiger partial charge in [-0.15, -0.1) is 0 Å². The number of nitrogens with one attached hydrogen (secondary N) is 1. The molecule has 1 aliphatic carbocycles. The molecule has 2 rings (SSSR count). The molecule has 1 heterocycles. The molecule has 2 N–H and O–H groups in total. The van der Waals surface area contributed by atoms with Crippen LogP contribution >= 0.6 is 0 Å². The molecular formula is C14H25NO4. The molecule has 1 saturated heterocycles. The van der Waals surface area contributed by atoms with Crippen LogP contribution in [0, 0.1) is 0 Å². The van der Waals surface area contributed by atoms with E-state index in [9.17, 15) is 9.90 Å². The molecule has 0 aromatic heterocycles. The Hall–Kier alpha value is -0.650. The average molecular weight is 271 g/mol. The van der Waals surface area contributed by atoms with Crippen LogP contribution in [0.1, 0.15) is 46.0 Å². The van der Waals surface area contributed by atoms with Gasteiger partial charge in [-0.25, -0.2) is 0 Å². The third-order valence-electron chi connectivity index (χ3n) is 3.99.